The molecule has 8 aromatic rings. The molecule has 0 aliphatic carbocycles. The number of phenols is 7. The van der Waals surface area contributed by atoms with Crippen molar-refractivity contribution in [1.29, 1.82) is 0 Å². The van der Waals surface area contributed by atoms with E-state index in [2.05, 4.69) is 0 Å². The highest BCUT2D eigenvalue weighted by molar-refractivity contribution is 5.38. The lowest BCUT2D eigenvalue weighted by Gasteiger charge is -2.20. The van der Waals surface area contributed by atoms with Crippen molar-refractivity contribution in [2.45, 2.75) is 87.7 Å². The fraction of sp³-hybridized carbons (Fsp3) is 0.219. The standard InChI is InChI=1S/C30H30O6.C18H20O4.C16H18O4/c31-25-7-1-19(2-8-25)13-28(34)22-16-23(29(35)14-20-3-9-26(32)10-4-20)18-24(17-22)30(36)15-21-5-11-27(33)12-6-21;19-15-5-1-13(2-6-15)11-17(21)9-10-18(22)12-14-3-7-16(20)8-4-14;17-13-5-1-11(2-6-13)9-15(19)16(20)10-12-3-7-14(18)8-4-12/h1-12,16-18,28-36H,13-15H2;1-10,17-22H,11-12H2;1-8,15-20H,9-10H2/b;10-9+;/t28-,29-,30-;17-,18-;15-,16-/m010/s1. The van der Waals surface area contributed by atoms with E-state index in [4.69, 9.17) is 0 Å². The van der Waals surface area contributed by atoms with E-state index in [1.54, 1.807) is 200 Å². The Morgan fingerprint density at radius 1 is 0.231 bits per heavy atom. The number of aliphatic hydroxyl groups excluding tert-OH is 7. The van der Waals surface area contributed by atoms with Gasteiger partial charge in [-0.15, -0.1) is 0 Å². The van der Waals surface area contributed by atoms with Crippen molar-refractivity contribution in [1.82, 2.24) is 0 Å². The smallest absolute Gasteiger partial charge is 0.115 e. The Kier molecular flexibility index (Phi) is 22.2. The van der Waals surface area contributed by atoms with Crippen LogP contribution in [0.25, 0.3) is 0 Å². The lowest BCUT2D eigenvalue weighted by Crippen LogP contribution is -2.29. The fourth-order valence-electron chi connectivity index (χ4n) is 8.36. The number of aliphatic hydroxyl groups is 7. The molecule has 408 valence electrons. The van der Waals surface area contributed by atoms with E-state index in [0.29, 0.717) is 61.6 Å². The first kappa shape index (κ1) is 59.1. The Balaban J connectivity index is 0.000000202. The summed E-state index contributed by atoms with van der Waals surface area (Å²) in [6, 6.07) is 51.4. The molecular weight excluding hydrogens is 993 g/mol. The van der Waals surface area contributed by atoms with Gasteiger partial charge in [-0.2, -0.15) is 0 Å². The Hall–Kier alpha value is -8.18. The zero-order chi connectivity index (χ0) is 56.1. The summed E-state index contributed by atoms with van der Waals surface area (Å²) in [6.07, 6.45) is -0.331. The summed E-state index contributed by atoms with van der Waals surface area (Å²) in [5.74, 6) is 1.17. The van der Waals surface area contributed by atoms with Crippen LogP contribution in [0.5, 0.6) is 40.2 Å². The number of rotatable bonds is 20. The van der Waals surface area contributed by atoms with Crippen molar-refractivity contribution < 1.29 is 71.5 Å². The van der Waals surface area contributed by atoms with Gasteiger partial charge >= 0.3 is 0 Å². The second kappa shape index (κ2) is 29.4. The van der Waals surface area contributed by atoms with Crippen molar-refractivity contribution in [3.05, 3.63) is 256 Å². The minimum absolute atomic E-state index is 0.146. The fourth-order valence-corrected chi connectivity index (χ4v) is 8.36. The van der Waals surface area contributed by atoms with Gasteiger partial charge in [-0.1, -0.05) is 115 Å². The van der Waals surface area contributed by atoms with Crippen LogP contribution >= 0.6 is 0 Å². The van der Waals surface area contributed by atoms with E-state index in [1.807, 2.05) is 0 Å². The third kappa shape index (κ3) is 20.1. The summed E-state index contributed by atoms with van der Waals surface area (Å²) < 4.78 is 0. The summed E-state index contributed by atoms with van der Waals surface area (Å²) in [7, 11) is 0. The van der Waals surface area contributed by atoms with Gasteiger partial charge in [-0.25, -0.2) is 0 Å². The van der Waals surface area contributed by atoms with Gasteiger partial charge < -0.3 is 71.5 Å². The molecular formula is C64H68O14. The van der Waals surface area contributed by atoms with Crippen LogP contribution < -0.4 is 0 Å². The van der Waals surface area contributed by atoms with Gasteiger partial charge in [-0.05, 0) is 141 Å². The summed E-state index contributed by atoms with van der Waals surface area (Å²) in [4.78, 5) is 0. The normalized spacial score (nSPS) is 13.9. The molecule has 8 rings (SSSR count). The highest BCUT2D eigenvalue weighted by Gasteiger charge is 2.20. The molecule has 14 N–H and O–H groups in total. The van der Waals surface area contributed by atoms with Crippen LogP contribution in [-0.2, 0) is 44.9 Å². The number of phenolic OH excluding ortho intramolecular Hbond substituents is 7. The Labute approximate surface area is 453 Å². The molecule has 0 unspecified atom stereocenters. The first-order valence-corrected chi connectivity index (χ1v) is 25.4. The van der Waals surface area contributed by atoms with Crippen LogP contribution in [0.1, 0.15) is 73.9 Å². The average molecular weight is 1060 g/mol. The van der Waals surface area contributed by atoms with Crippen LogP contribution in [-0.4, -0.2) is 95.9 Å². The first-order valence-electron chi connectivity index (χ1n) is 25.4. The molecule has 8 aromatic carbocycles. The lowest BCUT2D eigenvalue weighted by molar-refractivity contribution is 0.0206. The highest BCUT2D eigenvalue weighted by Crippen LogP contribution is 2.31. The van der Waals surface area contributed by atoms with E-state index >= 15 is 0 Å². The van der Waals surface area contributed by atoms with Gasteiger partial charge in [0, 0.05) is 44.9 Å². The van der Waals surface area contributed by atoms with E-state index < -0.39 is 42.7 Å². The maximum absolute atomic E-state index is 11.0. The van der Waals surface area contributed by atoms with Crippen LogP contribution in [0.2, 0.25) is 0 Å². The third-order valence-corrected chi connectivity index (χ3v) is 12.8. The summed E-state index contributed by atoms with van der Waals surface area (Å²) >= 11 is 0. The van der Waals surface area contributed by atoms with E-state index in [-0.39, 0.29) is 40.2 Å². The largest absolute Gasteiger partial charge is 0.508 e. The molecule has 0 saturated carbocycles. The van der Waals surface area contributed by atoms with E-state index in [0.717, 1.165) is 38.9 Å². The van der Waals surface area contributed by atoms with Crippen molar-refractivity contribution in [3.63, 3.8) is 0 Å². The average Bonchev–Trinajstić information content (AvgIpc) is 3.44. The van der Waals surface area contributed by atoms with Gasteiger partial charge in [-0.3, -0.25) is 0 Å². The van der Waals surface area contributed by atoms with Crippen LogP contribution in [0.15, 0.2) is 200 Å². The lowest BCUT2D eigenvalue weighted by atomic mass is 9.91. The molecule has 0 heterocycles. The Bertz CT molecular complexity index is 2760. The summed E-state index contributed by atoms with van der Waals surface area (Å²) in [5.41, 5.74) is 7.69. The van der Waals surface area contributed by atoms with Gasteiger partial charge in [0.05, 0.1) is 42.7 Å². The van der Waals surface area contributed by atoms with Gasteiger partial charge in [0.2, 0.25) is 0 Å². The second-order valence-electron chi connectivity index (χ2n) is 19.2. The first-order chi connectivity index (χ1) is 37.3. The van der Waals surface area contributed by atoms with Crippen LogP contribution in [0, 0.1) is 0 Å². The quantitative estimate of drug-likeness (QED) is 0.0319. The molecule has 7 atom stereocenters. The highest BCUT2D eigenvalue weighted by atomic mass is 16.3. The molecule has 0 aliphatic heterocycles. The minimum atomic E-state index is -0.894. The number of hydrogen-bond donors (Lipinski definition) is 14. The molecule has 14 heteroatoms. The molecule has 0 radical (unpaired) electrons. The molecule has 0 aromatic heterocycles. The van der Waals surface area contributed by atoms with Crippen LogP contribution in [0.3, 0.4) is 0 Å². The predicted octanol–water partition coefficient (Wildman–Crippen LogP) is 8.40. The SMILES string of the molecule is Oc1ccc(C[C@H](O)/C=C/[C@@H](O)Cc2ccc(O)cc2)cc1.Oc1ccc(C[C@H](O)[C@@H](O)Cc2ccc(O)cc2)cc1.Oc1ccc(C[C@H](O)c2cc([C@@H](O)Cc3ccc(O)cc3)cc([C@@H](O)Cc3ccc(O)cc3)c2)cc1. The third-order valence-electron chi connectivity index (χ3n) is 12.8. The monoisotopic (exact) mass is 1060 g/mol. The van der Waals surface area contributed by atoms with Gasteiger partial charge in [0.25, 0.3) is 0 Å². The van der Waals surface area contributed by atoms with E-state index in [1.165, 1.54) is 0 Å². The summed E-state index contributed by atoms with van der Waals surface area (Å²) in [5, 5.41) is 138. The molecule has 0 amide bonds. The topological polar surface area (TPSA) is 283 Å². The Morgan fingerprint density at radius 2 is 0.397 bits per heavy atom. The number of aromatic hydroxyl groups is 7. The summed E-state index contributed by atoms with van der Waals surface area (Å²) in [6.45, 7) is 0. The van der Waals surface area contributed by atoms with Crippen molar-refractivity contribution in [2.75, 3.05) is 0 Å². The number of hydrogen-bond acceptors (Lipinski definition) is 14. The van der Waals surface area contributed by atoms with Crippen molar-refractivity contribution >= 4 is 0 Å². The maximum atomic E-state index is 11.0. The van der Waals surface area contributed by atoms with Crippen molar-refractivity contribution in [3.8, 4) is 40.2 Å². The molecule has 0 bridgehead atoms. The zero-order valence-corrected chi connectivity index (χ0v) is 42.8. The molecule has 0 aliphatic rings. The zero-order valence-electron chi connectivity index (χ0n) is 42.8. The second-order valence-corrected chi connectivity index (χ2v) is 19.2. The minimum Gasteiger partial charge on any atom is -0.508 e. The molecule has 0 spiro atoms. The molecule has 0 fully saturated rings. The van der Waals surface area contributed by atoms with Crippen molar-refractivity contribution in [2.24, 2.45) is 0 Å². The maximum Gasteiger partial charge on any atom is 0.115 e. The molecule has 0 saturated heterocycles. The Morgan fingerprint density at radius 3 is 0.590 bits per heavy atom. The number of benzene rings is 8. The van der Waals surface area contributed by atoms with Crippen LogP contribution in [0.4, 0.5) is 0 Å². The van der Waals surface area contributed by atoms with E-state index in [9.17, 15) is 71.5 Å². The molecule has 78 heavy (non-hydrogen) atoms. The van der Waals surface area contributed by atoms with Gasteiger partial charge in [0.15, 0.2) is 0 Å². The predicted molar refractivity (Wildman–Crippen MR) is 297 cm³/mol. The van der Waals surface area contributed by atoms with Gasteiger partial charge in [0.1, 0.15) is 40.2 Å². The molecule has 14 nitrogen and oxygen atoms in total.